The lowest BCUT2D eigenvalue weighted by atomic mass is 10.0. The molecule has 1 N–H and O–H groups in total. The molecule has 1 heterocycles. The largest absolute Gasteiger partial charge is 0.344 e. The van der Waals surface area contributed by atoms with E-state index in [9.17, 15) is 14.0 Å². The third-order valence-electron chi connectivity index (χ3n) is 4.29. The zero-order valence-corrected chi connectivity index (χ0v) is 15.8. The highest BCUT2D eigenvalue weighted by Gasteiger charge is 2.19. The van der Waals surface area contributed by atoms with Gasteiger partial charge in [-0.3, -0.25) is 9.59 Å². The molecule has 0 unspecified atom stereocenters. The first-order chi connectivity index (χ1) is 13.0. The number of aryl methyl sites for hydroxylation is 1. The normalized spacial score (nSPS) is 11.8. The quantitative estimate of drug-likeness (QED) is 0.581. The van der Waals surface area contributed by atoms with Crippen LogP contribution in [0.5, 0.6) is 0 Å². The minimum absolute atomic E-state index is 0.0559. The van der Waals surface area contributed by atoms with Gasteiger partial charge in [0.15, 0.2) is 5.78 Å². The van der Waals surface area contributed by atoms with Crippen molar-refractivity contribution in [2.45, 2.75) is 25.8 Å². The number of carbonyl (C=O) groups is 2. The number of Topliss-reactive ketones (excluding diaryl/α,β-unsaturated/α-hetero) is 1. The van der Waals surface area contributed by atoms with Crippen molar-refractivity contribution >= 4 is 23.0 Å². The molecule has 0 radical (unpaired) electrons. The van der Waals surface area contributed by atoms with Crippen LogP contribution in [-0.4, -0.2) is 11.7 Å². The Morgan fingerprint density at radius 3 is 2.33 bits per heavy atom. The van der Waals surface area contributed by atoms with Gasteiger partial charge in [0.2, 0.25) is 5.91 Å². The topological polar surface area (TPSA) is 46.2 Å². The van der Waals surface area contributed by atoms with Gasteiger partial charge in [0.05, 0.1) is 6.04 Å². The van der Waals surface area contributed by atoms with Crippen LogP contribution >= 0.6 is 11.3 Å². The Balaban J connectivity index is 1.65. The lowest BCUT2D eigenvalue weighted by molar-refractivity contribution is -0.121. The molecule has 1 atom stereocenters. The standard InChI is InChI=1S/C22H20FNO2S/c1-15-4-6-16(7-5-15)19(25)12-13-21(26)24-22(20-3-2-14-27-20)17-8-10-18(23)11-9-17/h2-11,14,22H,12-13H2,1H3,(H,24,26)/t22-/m1/s1. The van der Waals surface area contributed by atoms with E-state index in [2.05, 4.69) is 5.32 Å². The lowest BCUT2D eigenvalue weighted by Crippen LogP contribution is -2.29. The molecule has 1 aromatic heterocycles. The molecule has 3 aromatic rings. The summed E-state index contributed by atoms with van der Waals surface area (Å²) in [6, 6.07) is 16.9. The second-order valence-corrected chi connectivity index (χ2v) is 7.34. The SMILES string of the molecule is Cc1ccc(C(=O)CCC(=O)N[C@H](c2ccc(F)cc2)c2cccs2)cc1. The maximum Gasteiger partial charge on any atom is 0.221 e. The fourth-order valence-corrected chi connectivity index (χ4v) is 3.58. The number of thiophene rings is 1. The zero-order chi connectivity index (χ0) is 19.2. The number of nitrogens with one attached hydrogen (secondary N) is 1. The summed E-state index contributed by atoms with van der Waals surface area (Å²) in [6.45, 7) is 1.96. The molecule has 138 valence electrons. The highest BCUT2D eigenvalue weighted by molar-refractivity contribution is 7.10. The average molecular weight is 381 g/mol. The smallest absolute Gasteiger partial charge is 0.221 e. The van der Waals surface area contributed by atoms with Crippen LogP contribution in [0, 0.1) is 12.7 Å². The molecule has 0 saturated heterocycles. The van der Waals surface area contributed by atoms with Crippen LogP contribution in [0.15, 0.2) is 66.0 Å². The van der Waals surface area contributed by atoms with Crippen molar-refractivity contribution in [3.63, 3.8) is 0 Å². The van der Waals surface area contributed by atoms with E-state index < -0.39 is 0 Å². The van der Waals surface area contributed by atoms with Crippen molar-refractivity contribution in [1.29, 1.82) is 0 Å². The maximum atomic E-state index is 13.2. The van der Waals surface area contributed by atoms with E-state index in [-0.39, 0.29) is 36.4 Å². The highest BCUT2D eigenvalue weighted by Crippen LogP contribution is 2.26. The van der Waals surface area contributed by atoms with Gasteiger partial charge < -0.3 is 5.32 Å². The predicted octanol–water partition coefficient (Wildman–Crippen LogP) is 5.06. The van der Waals surface area contributed by atoms with E-state index in [0.29, 0.717) is 5.56 Å². The number of rotatable bonds is 7. The zero-order valence-electron chi connectivity index (χ0n) is 14.9. The number of ketones is 1. The minimum atomic E-state index is -0.354. The average Bonchev–Trinajstić information content (AvgIpc) is 3.20. The van der Waals surface area contributed by atoms with E-state index >= 15 is 0 Å². The predicted molar refractivity (Wildman–Crippen MR) is 105 cm³/mol. The first-order valence-electron chi connectivity index (χ1n) is 8.71. The summed E-state index contributed by atoms with van der Waals surface area (Å²) in [7, 11) is 0. The molecular formula is C22H20FNO2S. The van der Waals surface area contributed by atoms with Crippen molar-refractivity contribution in [1.82, 2.24) is 5.32 Å². The molecule has 3 rings (SSSR count). The summed E-state index contributed by atoms with van der Waals surface area (Å²) in [5.74, 6) is -0.587. The lowest BCUT2D eigenvalue weighted by Gasteiger charge is -2.18. The van der Waals surface area contributed by atoms with E-state index in [1.165, 1.54) is 23.5 Å². The molecule has 27 heavy (non-hydrogen) atoms. The van der Waals surface area contributed by atoms with Gasteiger partial charge in [-0.25, -0.2) is 4.39 Å². The second-order valence-electron chi connectivity index (χ2n) is 6.36. The summed E-state index contributed by atoms with van der Waals surface area (Å²) in [5, 5.41) is 4.90. The van der Waals surface area contributed by atoms with Crippen LogP contribution in [0.2, 0.25) is 0 Å². The number of amides is 1. The van der Waals surface area contributed by atoms with Crippen LogP contribution < -0.4 is 5.32 Å². The van der Waals surface area contributed by atoms with Crippen molar-refractivity contribution < 1.29 is 14.0 Å². The monoisotopic (exact) mass is 381 g/mol. The molecule has 0 aliphatic heterocycles. The van der Waals surface area contributed by atoms with Crippen molar-refractivity contribution in [2.24, 2.45) is 0 Å². The van der Waals surface area contributed by atoms with Crippen LogP contribution in [0.3, 0.4) is 0 Å². The second kappa shape index (κ2) is 8.73. The Hall–Kier alpha value is -2.79. The van der Waals surface area contributed by atoms with Gasteiger partial charge in [-0.15, -0.1) is 11.3 Å². The number of halogens is 1. The Labute approximate surface area is 161 Å². The van der Waals surface area contributed by atoms with Gasteiger partial charge in [0, 0.05) is 23.3 Å². The molecule has 0 aliphatic carbocycles. The third kappa shape index (κ3) is 5.11. The molecule has 0 fully saturated rings. The fourth-order valence-electron chi connectivity index (χ4n) is 2.77. The summed E-state index contributed by atoms with van der Waals surface area (Å²) < 4.78 is 13.2. The third-order valence-corrected chi connectivity index (χ3v) is 5.23. The minimum Gasteiger partial charge on any atom is -0.344 e. The molecule has 5 heteroatoms. The maximum absolute atomic E-state index is 13.2. The molecule has 0 aliphatic rings. The summed E-state index contributed by atoms with van der Waals surface area (Å²) in [6.07, 6.45) is 0.255. The van der Waals surface area contributed by atoms with Crippen LogP contribution in [0.1, 0.15) is 45.2 Å². The molecule has 3 nitrogen and oxygen atoms in total. The number of benzene rings is 2. The van der Waals surface area contributed by atoms with Gasteiger partial charge in [0.1, 0.15) is 5.82 Å². The van der Waals surface area contributed by atoms with E-state index in [0.717, 1.165) is 16.0 Å². The fraction of sp³-hybridized carbons (Fsp3) is 0.182. The van der Waals surface area contributed by atoms with Gasteiger partial charge in [0.25, 0.3) is 0 Å². The van der Waals surface area contributed by atoms with Gasteiger partial charge >= 0.3 is 0 Å². The Morgan fingerprint density at radius 2 is 1.70 bits per heavy atom. The van der Waals surface area contributed by atoms with Gasteiger partial charge in [-0.05, 0) is 36.1 Å². The molecule has 0 spiro atoms. The highest BCUT2D eigenvalue weighted by atomic mass is 32.1. The van der Waals surface area contributed by atoms with Crippen molar-refractivity contribution in [3.8, 4) is 0 Å². The van der Waals surface area contributed by atoms with Gasteiger partial charge in [-0.2, -0.15) is 0 Å². The van der Waals surface area contributed by atoms with Crippen LogP contribution in [0.25, 0.3) is 0 Å². The molecular weight excluding hydrogens is 361 g/mol. The van der Waals surface area contributed by atoms with Crippen molar-refractivity contribution in [3.05, 3.63) is 93.4 Å². The molecule has 1 amide bonds. The Morgan fingerprint density at radius 1 is 1.00 bits per heavy atom. The summed E-state index contributed by atoms with van der Waals surface area (Å²) >= 11 is 1.52. The summed E-state index contributed by atoms with van der Waals surface area (Å²) in [5.41, 5.74) is 2.50. The first-order valence-corrected chi connectivity index (χ1v) is 9.59. The Bertz CT molecular complexity index is 903. The van der Waals surface area contributed by atoms with E-state index in [1.54, 1.807) is 24.3 Å². The van der Waals surface area contributed by atoms with Crippen LogP contribution in [-0.2, 0) is 4.79 Å². The van der Waals surface area contributed by atoms with Gasteiger partial charge in [-0.1, -0.05) is 48.0 Å². The molecule has 2 aromatic carbocycles. The summed E-state index contributed by atoms with van der Waals surface area (Å²) in [4.78, 5) is 25.7. The van der Waals surface area contributed by atoms with E-state index in [1.807, 2.05) is 36.6 Å². The van der Waals surface area contributed by atoms with Crippen molar-refractivity contribution in [2.75, 3.05) is 0 Å². The van der Waals surface area contributed by atoms with Crippen LogP contribution in [0.4, 0.5) is 4.39 Å². The number of hydrogen-bond acceptors (Lipinski definition) is 3. The molecule has 0 bridgehead atoms. The first kappa shape index (κ1) is 19.0. The number of hydrogen-bond donors (Lipinski definition) is 1. The number of carbonyl (C=O) groups excluding carboxylic acids is 2. The molecule has 0 saturated carbocycles. The van der Waals surface area contributed by atoms with E-state index in [4.69, 9.17) is 0 Å². The Kier molecular flexibility index (Phi) is 6.14.